The Bertz CT molecular complexity index is 1720. The SMILES string of the molecule is COc1cc2c(c(OC)c1OC)-c1ccc(OC)c(=O)cc1[C@@H](NC(=O)/C=C(\C)C=C=C(C)/C=C/C1=C(C)CCCC1(C)C)CC2. The molecule has 4 rings (SSSR count). The molecule has 1 atom stereocenters. The van der Waals surface area contributed by atoms with Crippen LogP contribution in [0.15, 0.2) is 81.4 Å². The second-order valence-corrected chi connectivity index (χ2v) is 12.7. The van der Waals surface area contributed by atoms with E-state index in [1.54, 1.807) is 39.5 Å². The van der Waals surface area contributed by atoms with E-state index >= 15 is 0 Å². The van der Waals surface area contributed by atoms with E-state index in [0.717, 1.165) is 34.3 Å². The van der Waals surface area contributed by atoms with Crippen LogP contribution in [0.2, 0.25) is 0 Å². The van der Waals surface area contributed by atoms with Gasteiger partial charge in [0, 0.05) is 11.6 Å². The van der Waals surface area contributed by atoms with Gasteiger partial charge in [-0.15, -0.1) is 5.73 Å². The molecule has 0 spiro atoms. The van der Waals surface area contributed by atoms with Gasteiger partial charge in [-0.3, -0.25) is 9.59 Å². The first kappa shape index (κ1) is 34.4. The summed E-state index contributed by atoms with van der Waals surface area (Å²) in [6, 6.07) is 6.51. The quantitative estimate of drug-likeness (QED) is 0.173. The van der Waals surface area contributed by atoms with Crippen LogP contribution in [0.4, 0.5) is 0 Å². The number of aryl methyl sites for hydroxylation is 1. The number of carbonyl (C=O) groups is 1. The van der Waals surface area contributed by atoms with Gasteiger partial charge in [0.15, 0.2) is 17.2 Å². The van der Waals surface area contributed by atoms with Crippen LogP contribution in [0.1, 0.15) is 77.5 Å². The zero-order chi connectivity index (χ0) is 33.6. The molecule has 2 aromatic rings. The van der Waals surface area contributed by atoms with Gasteiger partial charge >= 0.3 is 0 Å². The lowest BCUT2D eigenvalue weighted by molar-refractivity contribution is -0.117. The van der Waals surface area contributed by atoms with Crippen LogP contribution in [0, 0.1) is 5.41 Å². The van der Waals surface area contributed by atoms with Crippen molar-refractivity contribution < 1.29 is 23.7 Å². The lowest BCUT2D eigenvalue weighted by atomic mass is 9.72. The van der Waals surface area contributed by atoms with Crippen LogP contribution in [-0.4, -0.2) is 34.3 Å². The fraction of sp³-hybridized carbons (Fsp3) is 0.410. The number of fused-ring (bicyclic) bond motifs is 3. The van der Waals surface area contributed by atoms with Gasteiger partial charge in [-0.25, -0.2) is 0 Å². The molecule has 0 bridgehead atoms. The molecule has 0 aliphatic heterocycles. The number of nitrogens with one attached hydrogen (secondary N) is 1. The number of rotatable bonds is 9. The molecule has 244 valence electrons. The summed E-state index contributed by atoms with van der Waals surface area (Å²) >= 11 is 0. The third-order valence-electron chi connectivity index (χ3n) is 8.97. The first-order valence-electron chi connectivity index (χ1n) is 15.8. The lowest BCUT2D eigenvalue weighted by Gasteiger charge is -2.32. The molecule has 0 unspecified atom stereocenters. The van der Waals surface area contributed by atoms with Crippen LogP contribution in [-0.2, 0) is 11.2 Å². The van der Waals surface area contributed by atoms with Crippen molar-refractivity contribution >= 4 is 5.91 Å². The minimum atomic E-state index is -0.454. The standard InChI is InChI=1S/C39H47NO6/c1-24(14-17-30-26(3)11-10-20-39(30,4)5)12-13-25(2)21-35(42)40-31-18-15-27-22-34(44-7)37(45-8)38(46-9)36(27)28-16-19-33(43-6)32(41)23-29(28)31/h13-14,16-17,19,21-23,31H,10-11,15,18,20H2,1-9H3,(H,40,42)/b17-14+,25-21+/t12?,31-/m0/s1. The second kappa shape index (κ2) is 14.7. The zero-order valence-electron chi connectivity index (χ0n) is 28.7. The van der Waals surface area contributed by atoms with Crippen LogP contribution in [0.3, 0.4) is 0 Å². The minimum Gasteiger partial charge on any atom is -0.493 e. The highest BCUT2D eigenvalue weighted by Crippen LogP contribution is 2.50. The normalized spacial score (nSPS) is 17.2. The molecule has 46 heavy (non-hydrogen) atoms. The number of benzene rings is 1. The van der Waals surface area contributed by atoms with E-state index in [9.17, 15) is 9.59 Å². The Hall–Kier alpha value is -4.48. The highest BCUT2D eigenvalue weighted by atomic mass is 16.5. The predicted octanol–water partition coefficient (Wildman–Crippen LogP) is 7.98. The summed E-state index contributed by atoms with van der Waals surface area (Å²) in [7, 11) is 6.18. The lowest BCUT2D eigenvalue weighted by Crippen LogP contribution is -2.27. The third-order valence-corrected chi connectivity index (χ3v) is 8.97. The molecule has 0 saturated carbocycles. The van der Waals surface area contributed by atoms with Crippen molar-refractivity contribution in [1.29, 1.82) is 0 Å². The molecule has 7 nitrogen and oxygen atoms in total. The molecule has 0 fully saturated rings. The summed E-state index contributed by atoms with van der Waals surface area (Å²) in [4.78, 5) is 26.5. The summed E-state index contributed by atoms with van der Waals surface area (Å²) in [5.41, 5.74) is 11.0. The molecule has 1 amide bonds. The molecule has 0 radical (unpaired) electrons. The first-order chi connectivity index (χ1) is 21.9. The first-order valence-corrected chi connectivity index (χ1v) is 15.8. The van der Waals surface area contributed by atoms with Crippen molar-refractivity contribution in [2.75, 3.05) is 28.4 Å². The smallest absolute Gasteiger partial charge is 0.244 e. The Morgan fingerprint density at radius 1 is 0.978 bits per heavy atom. The van der Waals surface area contributed by atoms with Gasteiger partial charge in [-0.05, 0) is 116 Å². The number of amides is 1. The number of carbonyl (C=O) groups excluding carboxylic acids is 1. The van der Waals surface area contributed by atoms with Crippen molar-refractivity contribution in [1.82, 2.24) is 5.32 Å². The van der Waals surface area contributed by atoms with Gasteiger partial charge in [0.05, 0.1) is 34.5 Å². The third kappa shape index (κ3) is 7.48. The molecular formula is C39H47NO6. The van der Waals surface area contributed by atoms with Crippen molar-refractivity contribution in [2.24, 2.45) is 5.41 Å². The Kier molecular flexibility index (Phi) is 11.0. The monoisotopic (exact) mass is 625 g/mol. The van der Waals surface area contributed by atoms with E-state index in [1.807, 2.05) is 32.1 Å². The van der Waals surface area contributed by atoms with E-state index in [0.29, 0.717) is 35.7 Å². The molecule has 1 N–H and O–H groups in total. The van der Waals surface area contributed by atoms with Crippen LogP contribution in [0.25, 0.3) is 11.1 Å². The Balaban J connectivity index is 1.67. The van der Waals surface area contributed by atoms with E-state index in [4.69, 9.17) is 18.9 Å². The molecule has 2 aliphatic carbocycles. The van der Waals surface area contributed by atoms with Crippen molar-refractivity contribution in [3.8, 4) is 34.1 Å². The molecule has 2 aromatic carbocycles. The second-order valence-electron chi connectivity index (χ2n) is 12.7. The molecule has 0 heterocycles. The van der Waals surface area contributed by atoms with Gasteiger partial charge < -0.3 is 24.3 Å². The summed E-state index contributed by atoms with van der Waals surface area (Å²) in [5, 5.41) is 3.15. The number of allylic oxidation sites excluding steroid dienone is 6. The van der Waals surface area contributed by atoms with Crippen LogP contribution < -0.4 is 29.7 Å². The van der Waals surface area contributed by atoms with Gasteiger partial charge in [-0.1, -0.05) is 37.6 Å². The summed E-state index contributed by atoms with van der Waals surface area (Å²) < 4.78 is 22.5. The molecule has 2 aliphatic rings. The molecular weight excluding hydrogens is 578 g/mol. The maximum Gasteiger partial charge on any atom is 0.244 e. The fourth-order valence-corrected chi connectivity index (χ4v) is 6.57. The summed E-state index contributed by atoms with van der Waals surface area (Å²) in [5.74, 6) is 1.44. The van der Waals surface area contributed by atoms with Gasteiger partial charge in [0.25, 0.3) is 0 Å². The van der Waals surface area contributed by atoms with E-state index in [2.05, 4.69) is 44.0 Å². The largest absolute Gasteiger partial charge is 0.493 e. The van der Waals surface area contributed by atoms with Crippen molar-refractivity contribution in [2.45, 2.75) is 72.8 Å². The fourth-order valence-electron chi connectivity index (χ4n) is 6.57. The predicted molar refractivity (Wildman–Crippen MR) is 184 cm³/mol. The number of hydrogen-bond acceptors (Lipinski definition) is 6. The summed E-state index contributed by atoms with van der Waals surface area (Å²) in [6.45, 7) is 10.7. The maximum absolute atomic E-state index is 13.4. The highest BCUT2D eigenvalue weighted by molar-refractivity contribution is 5.90. The maximum atomic E-state index is 13.4. The topological polar surface area (TPSA) is 83.1 Å². The molecule has 0 saturated heterocycles. The molecule has 7 heteroatoms. The summed E-state index contributed by atoms with van der Waals surface area (Å²) in [6.07, 6.45) is 12.4. The highest BCUT2D eigenvalue weighted by Gasteiger charge is 2.30. The minimum absolute atomic E-state index is 0.174. The average molecular weight is 626 g/mol. The van der Waals surface area contributed by atoms with E-state index in [-0.39, 0.29) is 22.5 Å². The van der Waals surface area contributed by atoms with Crippen molar-refractivity contribution in [3.63, 3.8) is 0 Å². The van der Waals surface area contributed by atoms with E-state index in [1.165, 1.54) is 31.1 Å². The van der Waals surface area contributed by atoms with Crippen LogP contribution in [0.5, 0.6) is 23.0 Å². The Morgan fingerprint density at radius 2 is 1.70 bits per heavy atom. The molecule has 0 aromatic heterocycles. The van der Waals surface area contributed by atoms with Gasteiger partial charge in [0.1, 0.15) is 0 Å². The number of methoxy groups -OCH3 is 4. The number of hydrogen-bond donors (Lipinski definition) is 1. The van der Waals surface area contributed by atoms with Gasteiger partial charge in [-0.2, -0.15) is 0 Å². The Morgan fingerprint density at radius 3 is 2.35 bits per heavy atom. The van der Waals surface area contributed by atoms with Crippen LogP contribution >= 0.6 is 0 Å². The van der Waals surface area contributed by atoms with E-state index < -0.39 is 6.04 Å². The van der Waals surface area contributed by atoms with Crippen molar-refractivity contribution in [3.05, 3.63) is 97.9 Å². The van der Waals surface area contributed by atoms with Gasteiger partial charge in [0.2, 0.25) is 17.1 Å². The number of ether oxygens (including phenoxy) is 4. The average Bonchev–Trinajstić information content (AvgIpc) is 3.26. The Labute approximate surface area is 273 Å². The zero-order valence-corrected chi connectivity index (χ0v) is 28.7.